The standard InChI is InChI=1S/C17H18N2O4/c1-3-4-5-12-6-8-14(18-11-12)17(20)13-7-9-16(23-2)15(10-13)19(21)22/h6-11H,3-5H2,1-2H3. The second-order valence-corrected chi connectivity index (χ2v) is 5.13. The number of hydrogen-bond acceptors (Lipinski definition) is 5. The molecule has 1 heterocycles. The van der Waals surface area contributed by atoms with Crippen LogP contribution in [0.3, 0.4) is 0 Å². The van der Waals surface area contributed by atoms with Gasteiger partial charge in [0.2, 0.25) is 5.78 Å². The van der Waals surface area contributed by atoms with E-state index in [0.717, 1.165) is 24.8 Å². The Morgan fingerprint density at radius 2 is 2.09 bits per heavy atom. The number of methoxy groups -OCH3 is 1. The molecule has 0 bridgehead atoms. The van der Waals surface area contributed by atoms with E-state index in [-0.39, 0.29) is 28.5 Å². The zero-order chi connectivity index (χ0) is 16.8. The van der Waals surface area contributed by atoms with Crippen molar-refractivity contribution >= 4 is 11.5 Å². The number of nitro groups is 1. The van der Waals surface area contributed by atoms with E-state index in [1.54, 1.807) is 12.3 Å². The van der Waals surface area contributed by atoms with Gasteiger partial charge in [0.15, 0.2) is 5.75 Å². The molecule has 1 aromatic carbocycles. The number of carbonyl (C=O) groups is 1. The van der Waals surface area contributed by atoms with Gasteiger partial charge in [-0.15, -0.1) is 0 Å². The molecule has 0 radical (unpaired) electrons. The molecule has 0 amide bonds. The molecule has 0 fully saturated rings. The van der Waals surface area contributed by atoms with Crippen molar-refractivity contribution in [3.05, 3.63) is 63.5 Å². The van der Waals surface area contributed by atoms with Crippen molar-refractivity contribution in [2.24, 2.45) is 0 Å². The van der Waals surface area contributed by atoms with E-state index in [0.29, 0.717) is 0 Å². The van der Waals surface area contributed by atoms with Crippen LogP contribution in [0, 0.1) is 10.1 Å². The number of aryl methyl sites for hydroxylation is 1. The van der Waals surface area contributed by atoms with Crippen molar-refractivity contribution in [3.8, 4) is 5.75 Å². The lowest BCUT2D eigenvalue weighted by Crippen LogP contribution is -2.05. The number of carbonyl (C=O) groups excluding carboxylic acids is 1. The fourth-order valence-corrected chi connectivity index (χ4v) is 2.21. The highest BCUT2D eigenvalue weighted by atomic mass is 16.6. The van der Waals surface area contributed by atoms with Gasteiger partial charge in [0.1, 0.15) is 5.69 Å². The van der Waals surface area contributed by atoms with Crippen molar-refractivity contribution in [1.29, 1.82) is 0 Å². The van der Waals surface area contributed by atoms with E-state index in [2.05, 4.69) is 11.9 Å². The van der Waals surface area contributed by atoms with Crippen LogP contribution in [0.15, 0.2) is 36.5 Å². The number of unbranched alkanes of at least 4 members (excludes halogenated alkanes) is 1. The minimum Gasteiger partial charge on any atom is -0.490 e. The van der Waals surface area contributed by atoms with Gasteiger partial charge in [-0.3, -0.25) is 19.9 Å². The molecule has 0 aliphatic carbocycles. The summed E-state index contributed by atoms with van der Waals surface area (Å²) in [5.74, 6) is -0.229. The summed E-state index contributed by atoms with van der Waals surface area (Å²) in [7, 11) is 1.35. The van der Waals surface area contributed by atoms with Crippen LogP contribution in [-0.2, 0) is 6.42 Å². The van der Waals surface area contributed by atoms with E-state index in [1.165, 1.54) is 25.3 Å². The third-order valence-electron chi connectivity index (χ3n) is 3.51. The maximum atomic E-state index is 12.4. The highest BCUT2D eigenvalue weighted by molar-refractivity contribution is 6.08. The van der Waals surface area contributed by atoms with Gasteiger partial charge in [0.25, 0.3) is 0 Å². The molecular formula is C17H18N2O4. The summed E-state index contributed by atoms with van der Waals surface area (Å²) in [6, 6.07) is 7.66. The first kappa shape index (κ1) is 16.6. The Kier molecular flexibility index (Phi) is 5.41. The monoisotopic (exact) mass is 314 g/mol. The Balaban J connectivity index is 2.26. The molecule has 0 spiro atoms. The van der Waals surface area contributed by atoms with Crippen LogP contribution in [0.25, 0.3) is 0 Å². The number of nitrogens with zero attached hydrogens (tertiary/aromatic N) is 2. The first-order valence-corrected chi connectivity index (χ1v) is 7.39. The molecule has 23 heavy (non-hydrogen) atoms. The number of rotatable bonds is 7. The molecule has 2 aromatic rings. The smallest absolute Gasteiger partial charge is 0.311 e. The lowest BCUT2D eigenvalue weighted by Gasteiger charge is -2.05. The number of hydrogen-bond donors (Lipinski definition) is 0. The Morgan fingerprint density at radius 1 is 1.30 bits per heavy atom. The van der Waals surface area contributed by atoms with E-state index in [1.807, 2.05) is 6.07 Å². The third kappa shape index (κ3) is 3.91. The van der Waals surface area contributed by atoms with Crippen LogP contribution in [0.2, 0.25) is 0 Å². The lowest BCUT2D eigenvalue weighted by atomic mass is 10.0. The number of aromatic nitrogens is 1. The predicted octanol–water partition coefficient (Wildman–Crippen LogP) is 3.57. The van der Waals surface area contributed by atoms with Gasteiger partial charge in [-0.05, 0) is 36.6 Å². The Bertz CT molecular complexity index is 711. The molecule has 2 rings (SSSR count). The van der Waals surface area contributed by atoms with Gasteiger partial charge in [0, 0.05) is 17.8 Å². The fraction of sp³-hybridized carbons (Fsp3) is 0.294. The van der Waals surface area contributed by atoms with Crippen LogP contribution in [0.4, 0.5) is 5.69 Å². The molecule has 0 N–H and O–H groups in total. The van der Waals surface area contributed by atoms with E-state index in [9.17, 15) is 14.9 Å². The van der Waals surface area contributed by atoms with Crippen molar-refractivity contribution in [2.75, 3.05) is 7.11 Å². The minimum atomic E-state index is -0.573. The molecule has 0 aliphatic rings. The van der Waals surface area contributed by atoms with Crippen LogP contribution >= 0.6 is 0 Å². The third-order valence-corrected chi connectivity index (χ3v) is 3.51. The average Bonchev–Trinajstić information content (AvgIpc) is 2.59. The summed E-state index contributed by atoms with van der Waals surface area (Å²) in [5.41, 5.74) is 1.32. The van der Waals surface area contributed by atoms with Gasteiger partial charge in [-0.2, -0.15) is 0 Å². The Labute approximate surface area is 134 Å². The molecule has 6 heteroatoms. The average molecular weight is 314 g/mol. The van der Waals surface area contributed by atoms with Crippen LogP contribution < -0.4 is 4.74 Å². The molecule has 1 aromatic heterocycles. The zero-order valence-corrected chi connectivity index (χ0v) is 13.1. The summed E-state index contributed by atoms with van der Waals surface area (Å²) in [6.45, 7) is 2.11. The van der Waals surface area contributed by atoms with Crippen molar-refractivity contribution < 1.29 is 14.5 Å². The predicted molar refractivity (Wildman–Crippen MR) is 85.9 cm³/mol. The normalized spacial score (nSPS) is 10.3. The number of ether oxygens (including phenoxy) is 1. The first-order valence-electron chi connectivity index (χ1n) is 7.39. The van der Waals surface area contributed by atoms with Gasteiger partial charge >= 0.3 is 5.69 Å². The van der Waals surface area contributed by atoms with Crippen molar-refractivity contribution in [3.63, 3.8) is 0 Å². The largest absolute Gasteiger partial charge is 0.490 e. The molecule has 0 atom stereocenters. The van der Waals surface area contributed by atoms with Gasteiger partial charge < -0.3 is 4.74 Å². The first-order chi connectivity index (χ1) is 11.1. The molecule has 6 nitrogen and oxygen atoms in total. The topological polar surface area (TPSA) is 82.3 Å². The maximum absolute atomic E-state index is 12.4. The molecule has 0 aliphatic heterocycles. The van der Waals surface area contributed by atoms with Gasteiger partial charge in [-0.1, -0.05) is 19.4 Å². The fourth-order valence-electron chi connectivity index (χ4n) is 2.21. The van der Waals surface area contributed by atoms with Gasteiger partial charge in [-0.25, -0.2) is 0 Å². The molecule has 0 unspecified atom stereocenters. The Morgan fingerprint density at radius 3 is 2.65 bits per heavy atom. The Hall–Kier alpha value is -2.76. The molecule has 0 saturated carbocycles. The molecule has 120 valence electrons. The van der Waals surface area contributed by atoms with E-state index in [4.69, 9.17) is 4.74 Å². The van der Waals surface area contributed by atoms with E-state index < -0.39 is 4.92 Å². The number of pyridine rings is 1. The molecule has 0 saturated heterocycles. The highest BCUT2D eigenvalue weighted by Gasteiger charge is 2.19. The second-order valence-electron chi connectivity index (χ2n) is 5.13. The number of benzene rings is 1. The second kappa shape index (κ2) is 7.49. The maximum Gasteiger partial charge on any atom is 0.311 e. The van der Waals surface area contributed by atoms with Crippen LogP contribution in [0.5, 0.6) is 5.75 Å². The van der Waals surface area contributed by atoms with Crippen molar-refractivity contribution in [2.45, 2.75) is 26.2 Å². The minimum absolute atomic E-state index is 0.120. The summed E-state index contributed by atoms with van der Waals surface area (Å²) in [6.07, 6.45) is 4.77. The van der Waals surface area contributed by atoms with Crippen LogP contribution in [-0.4, -0.2) is 22.8 Å². The quantitative estimate of drug-likeness (QED) is 0.443. The summed E-state index contributed by atoms with van der Waals surface area (Å²) in [5, 5.41) is 11.0. The van der Waals surface area contributed by atoms with Crippen LogP contribution in [0.1, 0.15) is 41.4 Å². The zero-order valence-electron chi connectivity index (χ0n) is 13.1. The lowest BCUT2D eigenvalue weighted by molar-refractivity contribution is -0.385. The van der Waals surface area contributed by atoms with Gasteiger partial charge in [0.05, 0.1) is 12.0 Å². The molecular weight excluding hydrogens is 296 g/mol. The van der Waals surface area contributed by atoms with E-state index >= 15 is 0 Å². The van der Waals surface area contributed by atoms with Crippen molar-refractivity contribution in [1.82, 2.24) is 4.98 Å². The SMILES string of the molecule is CCCCc1ccc(C(=O)c2ccc(OC)c([N+](=O)[O-])c2)nc1. The summed E-state index contributed by atoms with van der Waals surface area (Å²) >= 11 is 0. The number of nitro benzene ring substituents is 1. The summed E-state index contributed by atoms with van der Waals surface area (Å²) < 4.78 is 4.93. The summed E-state index contributed by atoms with van der Waals surface area (Å²) in [4.78, 5) is 27.1. The number of ketones is 1. The highest BCUT2D eigenvalue weighted by Crippen LogP contribution is 2.28.